The zero-order chi connectivity index (χ0) is 24.0. The lowest BCUT2D eigenvalue weighted by molar-refractivity contribution is -0.928. The molecule has 0 radical (unpaired) electrons. The van der Waals surface area contributed by atoms with Gasteiger partial charge in [0.05, 0.1) is 40.3 Å². The van der Waals surface area contributed by atoms with Crippen LogP contribution in [-0.4, -0.2) is 61.8 Å². The Morgan fingerprint density at radius 3 is 1.21 bits per heavy atom. The summed E-state index contributed by atoms with van der Waals surface area (Å²) in [5.74, 6) is 1.92. The van der Waals surface area contributed by atoms with E-state index in [1.807, 2.05) is 23.5 Å². The molecule has 4 heteroatoms. The van der Waals surface area contributed by atoms with Crippen molar-refractivity contribution in [1.82, 2.24) is 0 Å². The van der Waals surface area contributed by atoms with Crippen LogP contribution >= 0.6 is 23.5 Å². The first-order valence-electron chi connectivity index (χ1n) is 13.3. The average molecular weight is 499 g/mol. The van der Waals surface area contributed by atoms with E-state index in [0.717, 1.165) is 11.8 Å². The molecular weight excluding hydrogens is 452 g/mol. The molecule has 0 aliphatic carbocycles. The number of piperidine rings is 2. The Balaban J connectivity index is 1.16. The van der Waals surface area contributed by atoms with Crippen molar-refractivity contribution < 1.29 is 8.97 Å². The van der Waals surface area contributed by atoms with E-state index in [4.69, 9.17) is 0 Å². The van der Waals surface area contributed by atoms with Gasteiger partial charge in [0.25, 0.3) is 0 Å². The van der Waals surface area contributed by atoms with Crippen molar-refractivity contribution in [3.63, 3.8) is 0 Å². The number of nitrogens with zero attached hydrogens (tertiary/aromatic N) is 2. The molecule has 0 unspecified atom stereocenters. The van der Waals surface area contributed by atoms with Crippen LogP contribution in [0.5, 0.6) is 0 Å². The minimum atomic E-state index is 0.961. The Labute approximate surface area is 217 Å². The lowest BCUT2D eigenvalue weighted by Crippen LogP contribution is -2.49. The van der Waals surface area contributed by atoms with Gasteiger partial charge in [0, 0.05) is 20.9 Å². The number of rotatable bonds is 9. The van der Waals surface area contributed by atoms with Gasteiger partial charge in [-0.2, -0.15) is 0 Å². The molecule has 2 nitrogen and oxygen atoms in total. The fourth-order valence-corrected chi connectivity index (χ4v) is 7.01. The maximum atomic E-state index is 2.48. The molecule has 34 heavy (non-hydrogen) atoms. The van der Waals surface area contributed by atoms with E-state index in [1.54, 1.807) is 0 Å². The second-order valence-electron chi connectivity index (χ2n) is 11.6. The van der Waals surface area contributed by atoms with Crippen molar-refractivity contribution >= 4 is 23.5 Å². The molecule has 0 atom stereocenters. The lowest BCUT2D eigenvalue weighted by Gasteiger charge is -2.42. The summed E-state index contributed by atoms with van der Waals surface area (Å²) in [5.41, 5.74) is 3.00. The molecule has 0 spiro atoms. The summed E-state index contributed by atoms with van der Waals surface area (Å²) in [6, 6.07) is 18.5. The second-order valence-corrected chi connectivity index (χ2v) is 13.4. The summed E-state index contributed by atoms with van der Waals surface area (Å²) in [6.45, 7) is 7.79. The highest BCUT2D eigenvalue weighted by Gasteiger charge is 2.33. The quantitative estimate of drug-likeness (QED) is 0.262. The second kappa shape index (κ2) is 11.9. The first-order chi connectivity index (χ1) is 16.4. The number of hydrogen-bond donors (Lipinski definition) is 0. The molecule has 2 heterocycles. The molecule has 186 valence electrons. The molecule has 0 N–H and O–H groups in total. The van der Waals surface area contributed by atoms with Crippen molar-refractivity contribution in [1.29, 1.82) is 0 Å². The number of likely N-dealkylation sites (tertiary alicyclic amines) is 2. The Morgan fingerprint density at radius 1 is 0.588 bits per heavy atom. The maximum Gasteiger partial charge on any atom is 0.104 e. The summed E-state index contributed by atoms with van der Waals surface area (Å²) >= 11 is 3.67. The Kier molecular flexibility index (Phi) is 9.12. The topological polar surface area (TPSA) is 0 Å². The van der Waals surface area contributed by atoms with Gasteiger partial charge in [0.15, 0.2) is 0 Å². The molecule has 2 aromatic carbocycles. The van der Waals surface area contributed by atoms with Crippen molar-refractivity contribution in [2.45, 2.75) is 61.4 Å². The minimum absolute atomic E-state index is 0.961. The van der Waals surface area contributed by atoms with Crippen LogP contribution in [-0.2, 0) is 13.1 Å². The highest BCUT2D eigenvalue weighted by atomic mass is 32.2. The van der Waals surface area contributed by atoms with E-state index < -0.39 is 0 Å². The van der Waals surface area contributed by atoms with Gasteiger partial charge >= 0.3 is 0 Å². The fraction of sp³-hybridized carbons (Fsp3) is 0.600. The van der Waals surface area contributed by atoms with Gasteiger partial charge in [-0.3, -0.25) is 0 Å². The predicted octanol–water partition coefficient (Wildman–Crippen LogP) is 7.32. The molecule has 0 amide bonds. The molecule has 0 bridgehead atoms. The van der Waals surface area contributed by atoms with Crippen LogP contribution in [0.15, 0.2) is 58.3 Å². The highest BCUT2D eigenvalue weighted by molar-refractivity contribution is 7.98. The number of hydrogen-bond acceptors (Lipinski definition) is 2. The first kappa shape index (κ1) is 26.1. The summed E-state index contributed by atoms with van der Waals surface area (Å²) in [4.78, 5) is 2.74. The summed E-state index contributed by atoms with van der Waals surface area (Å²) in [5, 5.41) is 0. The van der Waals surface area contributed by atoms with Crippen LogP contribution in [0.3, 0.4) is 0 Å². The third-order valence-corrected chi connectivity index (χ3v) is 10.2. The van der Waals surface area contributed by atoms with Crippen LogP contribution < -0.4 is 0 Å². The van der Waals surface area contributed by atoms with Gasteiger partial charge in [-0.1, -0.05) is 24.3 Å². The zero-order valence-electron chi connectivity index (χ0n) is 22.0. The smallest absolute Gasteiger partial charge is 0.104 e. The average Bonchev–Trinajstić information content (AvgIpc) is 2.85. The van der Waals surface area contributed by atoms with E-state index in [1.165, 1.54) is 108 Å². The van der Waals surface area contributed by atoms with Gasteiger partial charge in [0.1, 0.15) is 13.1 Å². The van der Waals surface area contributed by atoms with Gasteiger partial charge < -0.3 is 8.97 Å². The number of benzene rings is 2. The van der Waals surface area contributed by atoms with E-state index in [9.17, 15) is 0 Å². The molecule has 2 saturated heterocycles. The van der Waals surface area contributed by atoms with Crippen molar-refractivity contribution in [3.8, 4) is 0 Å². The highest BCUT2D eigenvalue weighted by Crippen LogP contribution is 2.33. The normalized spacial score (nSPS) is 29.8. The molecule has 2 fully saturated rings. The first-order valence-corrected chi connectivity index (χ1v) is 15.8. The van der Waals surface area contributed by atoms with Crippen LogP contribution in [0.25, 0.3) is 0 Å². The van der Waals surface area contributed by atoms with Gasteiger partial charge in [-0.25, -0.2) is 0 Å². The Morgan fingerprint density at radius 2 is 0.912 bits per heavy atom. The van der Waals surface area contributed by atoms with E-state index in [2.05, 4.69) is 75.1 Å². The molecule has 0 aromatic heterocycles. The van der Waals surface area contributed by atoms with Crippen molar-refractivity contribution in [2.75, 3.05) is 52.8 Å². The van der Waals surface area contributed by atoms with Crippen molar-refractivity contribution in [3.05, 3.63) is 59.7 Å². The standard InChI is InChI=1S/C30H46N2S2/c1-31(23-27-7-11-29(33-3)12-8-27)19-15-25(16-20-31)5-6-26-17-21-32(2,22-18-26)24-28-9-13-30(34-4)14-10-28/h7-14,25-26H,5-6,15-24H2,1-4H3/q+2. The number of thioether (sulfide) groups is 2. The van der Waals surface area contributed by atoms with E-state index in [-0.39, 0.29) is 0 Å². The summed E-state index contributed by atoms with van der Waals surface area (Å²) in [6.07, 6.45) is 12.9. The predicted molar refractivity (Wildman–Crippen MR) is 150 cm³/mol. The molecule has 4 rings (SSSR count). The molecular formula is C30H46N2S2+2. The summed E-state index contributed by atoms with van der Waals surface area (Å²) in [7, 11) is 4.96. The SMILES string of the molecule is CSc1ccc(C[N+]2(C)CCC(CCC3CC[N+](C)(Cc4ccc(SC)cc4)CC3)CC2)cc1. The molecule has 2 aliphatic rings. The van der Waals surface area contributed by atoms with Crippen LogP contribution in [0.1, 0.15) is 49.7 Å². The van der Waals surface area contributed by atoms with Crippen molar-refractivity contribution in [2.24, 2.45) is 11.8 Å². The largest absolute Gasteiger partial charge is 0.322 e. The van der Waals surface area contributed by atoms with Gasteiger partial charge in [0.2, 0.25) is 0 Å². The van der Waals surface area contributed by atoms with Gasteiger partial charge in [-0.15, -0.1) is 23.5 Å². The van der Waals surface area contributed by atoms with Crippen LogP contribution in [0.2, 0.25) is 0 Å². The third kappa shape index (κ3) is 7.29. The molecule has 2 aromatic rings. The molecule has 0 saturated carbocycles. The van der Waals surface area contributed by atoms with Crippen LogP contribution in [0.4, 0.5) is 0 Å². The zero-order valence-corrected chi connectivity index (χ0v) is 23.6. The monoisotopic (exact) mass is 498 g/mol. The number of quaternary nitrogens is 2. The maximum absolute atomic E-state index is 2.48. The molecule has 2 aliphatic heterocycles. The lowest BCUT2D eigenvalue weighted by atomic mass is 9.84. The Hall–Kier alpha value is -0.940. The van der Waals surface area contributed by atoms with E-state index in [0.29, 0.717) is 0 Å². The fourth-order valence-electron chi connectivity index (χ4n) is 6.20. The van der Waals surface area contributed by atoms with E-state index >= 15 is 0 Å². The Bertz CT molecular complexity index is 802. The van der Waals surface area contributed by atoms with Gasteiger partial charge in [-0.05, 0) is 87.1 Å². The van der Waals surface area contributed by atoms with Crippen LogP contribution in [0, 0.1) is 11.8 Å². The minimum Gasteiger partial charge on any atom is -0.322 e. The third-order valence-electron chi connectivity index (χ3n) is 8.74. The summed E-state index contributed by atoms with van der Waals surface area (Å²) < 4.78 is 2.46.